The molecule has 0 aliphatic rings. The molecule has 0 radical (unpaired) electrons. The van der Waals surface area contributed by atoms with E-state index >= 15 is 0 Å². The molecule has 0 aliphatic carbocycles. The summed E-state index contributed by atoms with van der Waals surface area (Å²) >= 11 is 10.2. The molecule has 0 aromatic heterocycles. The van der Waals surface area contributed by atoms with E-state index in [1.54, 1.807) is 13.8 Å². The maximum absolute atomic E-state index is 5.24. The topological polar surface area (TPSA) is 16.4 Å². The normalized spacial score (nSPS) is 10.0. The molecule has 0 aromatic carbocycles. The Morgan fingerprint density at radius 3 is 2.25 bits per heavy atom. The molecule has 0 unspecified atom stereocenters. The predicted molar refractivity (Wildman–Crippen MR) is 36.2 cm³/mol. The van der Waals surface area contributed by atoms with E-state index < -0.39 is 5.54 Å². The van der Waals surface area contributed by atoms with Gasteiger partial charge in [0.05, 0.1) is 4.36 Å². The van der Waals surface area contributed by atoms with Crippen LogP contribution in [0.2, 0.25) is 0 Å². The number of hydrogen-bond acceptors (Lipinski definition) is 1. The second-order valence-electron chi connectivity index (χ2n) is 1.92. The standard InChI is InChI=1S/C4H7Cl2N2/c1-4(2,8-6)3-7-5/h8H,1-2H3/q+1. The van der Waals surface area contributed by atoms with Crippen molar-refractivity contribution in [3.8, 4) is 6.07 Å². The number of nitrogens with zero attached hydrogens (tertiary/aromatic N) is 1. The van der Waals surface area contributed by atoms with E-state index in [1.807, 2.05) is 0 Å². The first-order valence-electron chi connectivity index (χ1n) is 2.08. The van der Waals surface area contributed by atoms with Crippen molar-refractivity contribution in [2.45, 2.75) is 19.4 Å². The fourth-order valence-electron chi connectivity index (χ4n) is 0.127. The number of hydrogen-bond donors (Lipinski definition) is 1. The molecule has 0 aromatic rings. The SMILES string of the molecule is CC(C)(C#[N+]Cl)NCl. The van der Waals surface area contributed by atoms with Crippen LogP contribution in [0.1, 0.15) is 13.8 Å². The molecule has 0 atom stereocenters. The lowest BCUT2D eigenvalue weighted by atomic mass is 10.1. The van der Waals surface area contributed by atoms with Gasteiger partial charge in [-0.25, -0.2) is 4.84 Å². The van der Waals surface area contributed by atoms with Crippen LogP contribution < -0.4 is 4.84 Å². The van der Waals surface area contributed by atoms with Gasteiger partial charge in [0.15, 0.2) is 5.54 Å². The van der Waals surface area contributed by atoms with Crippen molar-refractivity contribution in [3.63, 3.8) is 0 Å². The zero-order valence-corrected chi connectivity index (χ0v) is 6.22. The van der Waals surface area contributed by atoms with E-state index in [4.69, 9.17) is 23.6 Å². The molecule has 0 saturated heterocycles. The van der Waals surface area contributed by atoms with Crippen molar-refractivity contribution in [3.05, 3.63) is 4.36 Å². The summed E-state index contributed by atoms with van der Waals surface area (Å²) in [7, 11) is 0. The van der Waals surface area contributed by atoms with Gasteiger partial charge in [0.2, 0.25) is 0 Å². The van der Waals surface area contributed by atoms with Crippen molar-refractivity contribution in [1.82, 2.24) is 4.84 Å². The summed E-state index contributed by atoms with van der Waals surface area (Å²) in [4.78, 5) is 2.43. The molecule has 0 fully saturated rings. The second-order valence-corrected chi connectivity index (χ2v) is 2.27. The lowest BCUT2D eigenvalue weighted by Gasteiger charge is -2.04. The summed E-state index contributed by atoms with van der Waals surface area (Å²) in [5, 5.41) is 0. The molecule has 4 heteroatoms. The monoisotopic (exact) mass is 153 g/mol. The van der Waals surface area contributed by atoms with Crippen LogP contribution in [0.5, 0.6) is 0 Å². The van der Waals surface area contributed by atoms with Crippen LogP contribution in [-0.4, -0.2) is 5.54 Å². The Balaban J connectivity index is 3.85. The largest absolute Gasteiger partial charge is 0.426 e. The Morgan fingerprint density at radius 1 is 1.62 bits per heavy atom. The molecule has 46 valence electrons. The summed E-state index contributed by atoms with van der Waals surface area (Å²) in [6.07, 6.45) is 0. The maximum Gasteiger partial charge on any atom is 0.426 e. The first kappa shape index (κ1) is 8.03. The van der Waals surface area contributed by atoms with E-state index in [-0.39, 0.29) is 0 Å². The summed E-state index contributed by atoms with van der Waals surface area (Å²) in [6.45, 7) is 3.60. The Labute approximate surface area is 58.8 Å². The Bertz CT molecular complexity index is 122. The molecule has 0 aliphatic heterocycles. The fraction of sp³-hybridized carbons (Fsp3) is 0.750. The fourth-order valence-corrected chi connectivity index (χ4v) is 0.380. The third-order valence-electron chi connectivity index (χ3n) is 0.558. The molecule has 0 spiro atoms. The lowest BCUT2D eigenvalue weighted by molar-refractivity contribution is 0.620. The van der Waals surface area contributed by atoms with Crippen LogP contribution in [0.25, 0.3) is 4.36 Å². The molecule has 1 N–H and O–H groups in total. The molecular formula is C4H7Cl2N2+. The van der Waals surface area contributed by atoms with E-state index in [9.17, 15) is 0 Å². The third kappa shape index (κ3) is 3.09. The van der Waals surface area contributed by atoms with Gasteiger partial charge >= 0.3 is 17.8 Å². The molecular weight excluding hydrogens is 147 g/mol. The molecule has 0 amide bonds. The van der Waals surface area contributed by atoms with Crippen molar-refractivity contribution in [2.75, 3.05) is 0 Å². The quantitative estimate of drug-likeness (QED) is 0.571. The third-order valence-corrected chi connectivity index (χ3v) is 1.11. The highest BCUT2D eigenvalue weighted by Gasteiger charge is 2.19. The highest BCUT2D eigenvalue weighted by Crippen LogP contribution is 2.00. The first-order chi connectivity index (χ1) is 3.62. The van der Waals surface area contributed by atoms with Gasteiger partial charge in [-0.15, -0.1) is 0 Å². The van der Waals surface area contributed by atoms with E-state index in [0.29, 0.717) is 0 Å². The van der Waals surface area contributed by atoms with Gasteiger partial charge in [-0.2, -0.15) is 0 Å². The first-order valence-corrected chi connectivity index (χ1v) is 2.80. The Morgan fingerprint density at radius 2 is 2.12 bits per heavy atom. The van der Waals surface area contributed by atoms with Gasteiger partial charge in [-0.3, -0.25) is 0 Å². The zero-order chi connectivity index (χ0) is 6.62. The molecule has 0 rings (SSSR count). The van der Waals surface area contributed by atoms with Gasteiger partial charge in [-0.05, 0) is 25.6 Å². The van der Waals surface area contributed by atoms with Crippen molar-refractivity contribution >= 4 is 23.6 Å². The summed E-state index contributed by atoms with van der Waals surface area (Å²) in [5.74, 6) is 0. The van der Waals surface area contributed by atoms with Gasteiger partial charge in [-0.1, -0.05) is 0 Å². The summed E-state index contributed by atoms with van der Waals surface area (Å²) in [5.41, 5.74) is -0.441. The van der Waals surface area contributed by atoms with Crippen molar-refractivity contribution < 1.29 is 0 Å². The Hall–Kier alpha value is 0.0300. The summed E-state index contributed by atoms with van der Waals surface area (Å²) < 4.78 is 3.15. The molecule has 2 nitrogen and oxygen atoms in total. The van der Waals surface area contributed by atoms with Crippen LogP contribution in [0.15, 0.2) is 0 Å². The highest BCUT2D eigenvalue weighted by atomic mass is 35.5. The van der Waals surface area contributed by atoms with Gasteiger partial charge in [0.1, 0.15) is 0 Å². The van der Waals surface area contributed by atoms with Crippen LogP contribution in [0.3, 0.4) is 0 Å². The van der Waals surface area contributed by atoms with Crippen LogP contribution in [0, 0.1) is 6.07 Å². The van der Waals surface area contributed by atoms with Crippen molar-refractivity contribution in [2.24, 2.45) is 0 Å². The van der Waals surface area contributed by atoms with E-state index in [1.165, 1.54) is 0 Å². The number of rotatable bonds is 1. The van der Waals surface area contributed by atoms with Gasteiger partial charge < -0.3 is 0 Å². The highest BCUT2D eigenvalue weighted by molar-refractivity contribution is 6.23. The van der Waals surface area contributed by atoms with Gasteiger partial charge in [0.25, 0.3) is 0 Å². The van der Waals surface area contributed by atoms with E-state index in [0.717, 1.165) is 0 Å². The van der Waals surface area contributed by atoms with Crippen LogP contribution in [0.4, 0.5) is 0 Å². The van der Waals surface area contributed by atoms with Crippen LogP contribution in [-0.2, 0) is 0 Å². The molecule has 8 heavy (non-hydrogen) atoms. The van der Waals surface area contributed by atoms with Crippen LogP contribution >= 0.6 is 23.6 Å². The molecule has 0 saturated carbocycles. The maximum atomic E-state index is 5.24. The van der Waals surface area contributed by atoms with Gasteiger partial charge in [0, 0.05) is 0 Å². The minimum Gasteiger partial charge on any atom is -0.210 e. The predicted octanol–water partition coefficient (Wildman–Crippen LogP) is 2.00. The Kier molecular flexibility index (Phi) is 3.15. The molecule has 0 bridgehead atoms. The van der Waals surface area contributed by atoms with Crippen molar-refractivity contribution in [1.29, 1.82) is 0 Å². The number of halogens is 2. The smallest absolute Gasteiger partial charge is 0.210 e. The lowest BCUT2D eigenvalue weighted by Crippen LogP contribution is -2.29. The minimum atomic E-state index is -0.441. The van der Waals surface area contributed by atoms with E-state index in [2.05, 4.69) is 15.3 Å². The molecule has 0 heterocycles. The second kappa shape index (κ2) is 3.13. The average Bonchev–Trinajstić information content (AvgIpc) is 1.67. The summed E-state index contributed by atoms with van der Waals surface area (Å²) in [6, 6.07) is 2.52. The number of nitrogens with one attached hydrogen (secondary N) is 1. The minimum absolute atomic E-state index is 0.441. The zero-order valence-electron chi connectivity index (χ0n) is 4.70. The average molecular weight is 154 g/mol.